The average Bonchev–Trinajstić information content (AvgIpc) is 2.99. The molecule has 3 rings (SSSR count). The van der Waals surface area contributed by atoms with E-state index in [-0.39, 0.29) is 0 Å². The SMILES string of the molecule is CC.Cc1ccc2cc(-c3cnc(C(C)C)s3)ccc2c1. The van der Waals surface area contributed by atoms with E-state index in [1.54, 1.807) is 11.3 Å². The molecule has 110 valence electrons. The van der Waals surface area contributed by atoms with Crippen LogP contribution in [0.5, 0.6) is 0 Å². The minimum atomic E-state index is 0.502. The monoisotopic (exact) mass is 297 g/mol. The third-order valence-corrected chi connectivity index (χ3v) is 4.64. The number of benzene rings is 2. The smallest absolute Gasteiger partial charge is 0.0956 e. The van der Waals surface area contributed by atoms with Gasteiger partial charge in [-0.25, -0.2) is 4.98 Å². The lowest BCUT2D eigenvalue weighted by molar-refractivity contribution is 0.852. The molecular weight excluding hydrogens is 274 g/mol. The number of rotatable bonds is 2. The van der Waals surface area contributed by atoms with E-state index >= 15 is 0 Å². The Labute approximate surface area is 131 Å². The molecule has 0 unspecified atom stereocenters. The van der Waals surface area contributed by atoms with Crippen LogP contribution in [0.3, 0.4) is 0 Å². The summed E-state index contributed by atoms with van der Waals surface area (Å²) in [7, 11) is 0. The third kappa shape index (κ3) is 3.51. The highest BCUT2D eigenvalue weighted by atomic mass is 32.1. The Morgan fingerprint density at radius 3 is 2.29 bits per heavy atom. The molecule has 0 N–H and O–H groups in total. The fraction of sp³-hybridized carbons (Fsp3) is 0.316. The molecule has 21 heavy (non-hydrogen) atoms. The highest BCUT2D eigenvalue weighted by molar-refractivity contribution is 7.15. The second-order valence-electron chi connectivity index (χ2n) is 5.28. The lowest BCUT2D eigenvalue weighted by Gasteiger charge is -2.02. The van der Waals surface area contributed by atoms with E-state index in [1.807, 2.05) is 20.0 Å². The molecule has 0 aliphatic rings. The van der Waals surface area contributed by atoms with Crippen molar-refractivity contribution in [1.29, 1.82) is 0 Å². The van der Waals surface area contributed by atoms with Crippen molar-refractivity contribution in [1.82, 2.24) is 4.98 Å². The molecule has 2 heteroatoms. The Bertz CT molecular complexity index is 725. The van der Waals surface area contributed by atoms with Gasteiger partial charge in [-0.15, -0.1) is 11.3 Å². The molecular formula is C19H23NS. The van der Waals surface area contributed by atoms with Crippen molar-refractivity contribution in [3.8, 4) is 10.4 Å². The third-order valence-electron chi connectivity index (χ3n) is 3.30. The predicted molar refractivity (Wildman–Crippen MR) is 95.2 cm³/mol. The van der Waals surface area contributed by atoms with Gasteiger partial charge >= 0.3 is 0 Å². The van der Waals surface area contributed by atoms with Gasteiger partial charge in [0.15, 0.2) is 0 Å². The van der Waals surface area contributed by atoms with Gasteiger partial charge in [0.05, 0.1) is 9.88 Å². The van der Waals surface area contributed by atoms with Crippen molar-refractivity contribution in [2.75, 3.05) is 0 Å². The molecule has 1 heterocycles. The van der Waals surface area contributed by atoms with Crippen molar-refractivity contribution >= 4 is 22.1 Å². The molecule has 0 fully saturated rings. The van der Waals surface area contributed by atoms with Crippen molar-refractivity contribution in [2.45, 2.75) is 40.5 Å². The molecule has 0 bridgehead atoms. The minimum absolute atomic E-state index is 0.502. The van der Waals surface area contributed by atoms with Crippen molar-refractivity contribution in [2.24, 2.45) is 0 Å². The molecule has 0 atom stereocenters. The number of aryl methyl sites for hydroxylation is 1. The van der Waals surface area contributed by atoms with Crippen molar-refractivity contribution in [3.63, 3.8) is 0 Å². The topological polar surface area (TPSA) is 12.9 Å². The molecule has 1 aromatic heterocycles. The number of nitrogens with zero attached hydrogens (tertiary/aromatic N) is 1. The summed E-state index contributed by atoms with van der Waals surface area (Å²) in [6, 6.07) is 13.2. The first-order valence-electron chi connectivity index (χ1n) is 7.60. The number of aromatic nitrogens is 1. The fourth-order valence-electron chi connectivity index (χ4n) is 2.21. The predicted octanol–water partition coefficient (Wildman–Crippen LogP) is 6.42. The van der Waals surface area contributed by atoms with Gasteiger partial charge < -0.3 is 0 Å². The molecule has 0 aliphatic carbocycles. The van der Waals surface area contributed by atoms with Gasteiger partial charge in [0, 0.05) is 12.1 Å². The van der Waals surface area contributed by atoms with E-state index in [9.17, 15) is 0 Å². The lowest BCUT2D eigenvalue weighted by atomic mass is 10.0. The Balaban J connectivity index is 0.000000774. The maximum absolute atomic E-state index is 4.50. The van der Waals surface area contributed by atoms with Gasteiger partial charge in [-0.3, -0.25) is 0 Å². The van der Waals surface area contributed by atoms with E-state index in [0.717, 1.165) is 0 Å². The van der Waals surface area contributed by atoms with E-state index in [0.29, 0.717) is 5.92 Å². The number of thiazole rings is 1. The van der Waals surface area contributed by atoms with Gasteiger partial charge in [-0.1, -0.05) is 63.6 Å². The van der Waals surface area contributed by atoms with Crippen LogP contribution in [0.25, 0.3) is 21.2 Å². The van der Waals surface area contributed by atoms with Crippen LogP contribution in [0.2, 0.25) is 0 Å². The summed E-state index contributed by atoms with van der Waals surface area (Å²) in [6.07, 6.45) is 2.00. The van der Waals surface area contributed by atoms with Crippen LogP contribution in [0.15, 0.2) is 42.6 Å². The zero-order chi connectivity index (χ0) is 15.4. The Hall–Kier alpha value is -1.67. The standard InChI is InChI=1S/C17H17NS.C2H6/c1-11(2)17-18-10-16(19-17)15-7-6-13-8-12(3)4-5-14(13)9-15;1-2/h4-11H,1-3H3;1-2H3. The minimum Gasteiger partial charge on any atom is -0.249 e. The van der Waals surface area contributed by atoms with Crippen LogP contribution >= 0.6 is 11.3 Å². The summed E-state index contributed by atoms with van der Waals surface area (Å²) in [5, 5.41) is 3.80. The summed E-state index contributed by atoms with van der Waals surface area (Å²) in [5.74, 6) is 0.502. The lowest BCUT2D eigenvalue weighted by Crippen LogP contribution is -1.81. The van der Waals surface area contributed by atoms with Gasteiger partial charge in [0.1, 0.15) is 0 Å². The van der Waals surface area contributed by atoms with Gasteiger partial charge in [0.2, 0.25) is 0 Å². The number of hydrogen-bond donors (Lipinski definition) is 0. The fourth-order valence-corrected chi connectivity index (χ4v) is 3.12. The highest BCUT2D eigenvalue weighted by Crippen LogP contribution is 2.31. The first kappa shape index (κ1) is 15.7. The molecule has 0 spiro atoms. The second-order valence-corrected chi connectivity index (χ2v) is 6.35. The molecule has 0 aliphatic heterocycles. The summed E-state index contributed by atoms with van der Waals surface area (Å²) in [5.41, 5.74) is 2.57. The normalized spacial score (nSPS) is 10.6. The Kier molecular flexibility index (Phi) is 5.13. The second kappa shape index (κ2) is 6.86. The quantitative estimate of drug-likeness (QED) is 0.531. The molecule has 1 nitrogen and oxygen atoms in total. The zero-order valence-electron chi connectivity index (χ0n) is 13.5. The van der Waals surface area contributed by atoms with E-state index in [2.05, 4.69) is 62.2 Å². The maximum Gasteiger partial charge on any atom is 0.0956 e. The molecule has 0 saturated heterocycles. The van der Waals surface area contributed by atoms with Crippen LogP contribution in [-0.4, -0.2) is 4.98 Å². The molecule has 0 saturated carbocycles. The van der Waals surface area contributed by atoms with Crippen LogP contribution < -0.4 is 0 Å². The van der Waals surface area contributed by atoms with Crippen LogP contribution in [0.4, 0.5) is 0 Å². The summed E-state index contributed by atoms with van der Waals surface area (Å²) in [6.45, 7) is 10.5. The maximum atomic E-state index is 4.50. The molecule has 3 aromatic rings. The van der Waals surface area contributed by atoms with Crippen LogP contribution in [0, 0.1) is 6.92 Å². The molecule has 2 aromatic carbocycles. The van der Waals surface area contributed by atoms with Crippen LogP contribution in [-0.2, 0) is 0 Å². The first-order valence-corrected chi connectivity index (χ1v) is 8.41. The average molecular weight is 297 g/mol. The Morgan fingerprint density at radius 2 is 1.62 bits per heavy atom. The van der Waals surface area contributed by atoms with Crippen LogP contribution in [0.1, 0.15) is 44.2 Å². The van der Waals surface area contributed by atoms with Crippen molar-refractivity contribution in [3.05, 3.63) is 53.2 Å². The summed E-state index contributed by atoms with van der Waals surface area (Å²) in [4.78, 5) is 5.76. The highest BCUT2D eigenvalue weighted by Gasteiger charge is 2.08. The largest absolute Gasteiger partial charge is 0.249 e. The number of fused-ring (bicyclic) bond motifs is 1. The van der Waals surface area contributed by atoms with Crippen molar-refractivity contribution < 1.29 is 0 Å². The van der Waals surface area contributed by atoms with E-state index < -0.39 is 0 Å². The van der Waals surface area contributed by atoms with Gasteiger partial charge in [-0.05, 0) is 29.3 Å². The molecule has 0 amide bonds. The first-order chi connectivity index (χ1) is 10.1. The molecule has 0 radical (unpaired) electrons. The zero-order valence-corrected chi connectivity index (χ0v) is 14.3. The summed E-state index contributed by atoms with van der Waals surface area (Å²) >= 11 is 1.79. The number of hydrogen-bond acceptors (Lipinski definition) is 2. The van der Waals surface area contributed by atoms with Gasteiger partial charge in [0.25, 0.3) is 0 Å². The summed E-state index contributed by atoms with van der Waals surface area (Å²) < 4.78 is 0. The van der Waals surface area contributed by atoms with E-state index in [1.165, 1.54) is 31.8 Å². The van der Waals surface area contributed by atoms with Gasteiger partial charge in [-0.2, -0.15) is 0 Å². The van der Waals surface area contributed by atoms with E-state index in [4.69, 9.17) is 0 Å². The Morgan fingerprint density at radius 1 is 0.952 bits per heavy atom.